The van der Waals surface area contributed by atoms with Crippen molar-refractivity contribution in [1.29, 1.82) is 5.26 Å². The molecule has 0 N–H and O–H groups in total. The SMILES string of the molecule is N#CCc1cc(C(F)F)ncc1C(F)(F)F. The number of rotatable bonds is 2. The van der Waals surface area contributed by atoms with Gasteiger partial charge in [0, 0.05) is 6.20 Å². The molecule has 0 fully saturated rings. The Morgan fingerprint density at radius 2 is 2.00 bits per heavy atom. The van der Waals surface area contributed by atoms with E-state index in [1.807, 2.05) is 0 Å². The third-order valence-corrected chi connectivity index (χ3v) is 1.81. The van der Waals surface area contributed by atoms with Crippen LogP contribution in [0.2, 0.25) is 0 Å². The molecule has 0 spiro atoms. The molecule has 0 saturated heterocycles. The number of pyridine rings is 1. The predicted octanol–water partition coefficient (Wildman–Crippen LogP) is 3.10. The van der Waals surface area contributed by atoms with E-state index in [1.54, 1.807) is 0 Å². The van der Waals surface area contributed by atoms with Crippen LogP contribution in [0.25, 0.3) is 0 Å². The molecule has 0 saturated carbocycles. The average molecular weight is 236 g/mol. The molecule has 1 aromatic rings. The minimum Gasteiger partial charge on any atom is -0.255 e. The van der Waals surface area contributed by atoms with Crippen molar-refractivity contribution < 1.29 is 22.0 Å². The molecular weight excluding hydrogens is 231 g/mol. The zero-order valence-electron chi connectivity index (χ0n) is 7.72. The van der Waals surface area contributed by atoms with Gasteiger partial charge in [-0.1, -0.05) is 0 Å². The van der Waals surface area contributed by atoms with Gasteiger partial charge < -0.3 is 0 Å². The molecular formula is C9H5F5N2. The summed E-state index contributed by atoms with van der Waals surface area (Å²) >= 11 is 0. The standard InChI is InChI=1S/C9H5F5N2/c10-8(11)7-3-5(1-2-15)6(4-16-7)9(12,13)14/h3-4,8H,1H2. The summed E-state index contributed by atoms with van der Waals surface area (Å²) in [5.41, 5.74) is -2.41. The molecule has 16 heavy (non-hydrogen) atoms. The van der Waals surface area contributed by atoms with Crippen molar-refractivity contribution in [2.75, 3.05) is 0 Å². The fraction of sp³-hybridized carbons (Fsp3) is 0.333. The fourth-order valence-corrected chi connectivity index (χ4v) is 1.12. The Balaban J connectivity index is 3.26. The van der Waals surface area contributed by atoms with Crippen molar-refractivity contribution in [3.8, 4) is 6.07 Å². The van der Waals surface area contributed by atoms with E-state index >= 15 is 0 Å². The summed E-state index contributed by atoms with van der Waals surface area (Å²) in [7, 11) is 0. The van der Waals surface area contributed by atoms with E-state index in [1.165, 1.54) is 6.07 Å². The van der Waals surface area contributed by atoms with Gasteiger partial charge in [0.05, 0.1) is 18.1 Å². The summed E-state index contributed by atoms with van der Waals surface area (Å²) in [6, 6.07) is 2.10. The minimum absolute atomic E-state index is 0.328. The minimum atomic E-state index is -4.69. The van der Waals surface area contributed by atoms with Crippen LogP contribution in [0, 0.1) is 11.3 Å². The lowest BCUT2D eigenvalue weighted by Crippen LogP contribution is -2.11. The molecule has 0 aliphatic heterocycles. The van der Waals surface area contributed by atoms with Crippen LogP contribution < -0.4 is 0 Å². The Bertz CT molecular complexity index is 419. The normalized spacial score (nSPS) is 11.6. The van der Waals surface area contributed by atoms with Crippen LogP contribution in [0.3, 0.4) is 0 Å². The highest BCUT2D eigenvalue weighted by molar-refractivity contribution is 5.31. The highest BCUT2D eigenvalue weighted by Crippen LogP contribution is 2.33. The van der Waals surface area contributed by atoms with Crippen LogP contribution in [-0.4, -0.2) is 4.98 Å². The van der Waals surface area contributed by atoms with Crippen LogP contribution in [0.5, 0.6) is 0 Å². The Labute approximate surface area is 87.3 Å². The first kappa shape index (κ1) is 12.4. The van der Waals surface area contributed by atoms with Crippen LogP contribution in [0.15, 0.2) is 12.3 Å². The zero-order chi connectivity index (χ0) is 12.3. The molecule has 0 aliphatic rings. The highest BCUT2D eigenvalue weighted by atomic mass is 19.4. The highest BCUT2D eigenvalue weighted by Gasteiger charge is 2.34. The van der Waals surface area contributed by atoms with Gasteiger partial charge in [0.1, 0.15) is 5.69 Å². The number of hydrogen-bond donors (Lipinski definition) is 0. The number of alkyl halides is 5. The molecule has 0 atom stereocenters. The number of nitrogens with zero attached hydrogens (tertiary/aromatic N) is 2. The summed E-state index contributed by atoms with van der Waals surface area (Å²) in [4.78, 5) is 3.01. The topological polar surface area (TPSA) is 36.7 Å². The maximum Gasteiger partial charge on any atom is 0.418 e. The molecule has 0 radical (unpaired) electrons. The first-order valence-corrected chi connectivity index (χ1v) is 4.07. The van der Waals surface area contributed by atoms with Gasteiger partial charge in [0.2, 0.25) is 0 Å². The van der Waals surface area contributed by atoms with Crippen molar-refractivity contribution in [3.63, 3.8) is 0 Å². The second-order valence-electron chi connectivity index (χ2n) is 2.90. The van der Waals surface area contributed by atoms with Crippen LogP contribution >= 0.6 is 0 Å². The van der Waals surface area contributed by atoms with Crippen LogP contribution in [0.1, 0.15) is 23.2 Å². The van der Waals surface area contributed by atoms with Gasteiger partial charge in [-0.3, -0.25) is 4.98 Å². The van der Waals surface area contributed by atoms with E-state index in [-0.39, 0.29) is 0 Å². The molecule has 0 aliphatic carbocycles. The van der Waals surface area contributed by atoms with E-state index in [0.29, 0.717) is 12.3 Å². The maximum absolute atomic E-state index is 12.4. The second-order valence-corrected chi connectivity index (χ2v) is 2.90. The largest absolute Gasteiger partial charge is 0.418 e. The lowest BCUT2D eigenvalue weighted by atomic mass is 10.1. The van der Waals surface area contributed by atoms with E-state index in [4.69, 9.17) is 5.26 Å². The van der Waals surface area contributed by atoms with Gasteiger partial charge in [-0.2, -0.15) is 18.4 Å². The predicted molar refractivity (Wildman–Crippen MR) is 43.5 cm³/mol. The first-order valence-electron chi connectivity index (χ1n) is 4.07. The van der Waals surface area contributed by atoms with Crippen LogP contribution in [-0.2, 0) is 12.6 Å². The van der Waals surface area contributed by atoms with Crippen molar-refractivity contribution in [2.24, 2.45) is 0 Å². The molecule has 1 rings (SSSR count). The number of nitriles is 1. The van der Waals surface area contributed by atoms with Crippen molar-refractivity contribution >= 4 is 0 Å². The van der Waals surface area contributed by atoms with Crippen molar-refractivity contribution in [1.82, 2.24) is 4.98 Å². The van der Waals surface area contributed by atoms with E-state index in [0.717, 1.165) is 0 Å². The van der Waals surface area contributed by atoms with E-state index in [2.05, 4.69) is 4.98 Å². The van der Waals surface area contributed by atoms with Gasteiger partial charge in [-0.25, -0.2) is 8.78 Å². The lowest BCUT2D eigenvalue weighted by Gasteiger charge is -2.11. The smallest absolute Gasteiger partial charge is 0.255 e. The Hall–Kier alpha value is -1.71. The molecule has 0 bridgehead atoms. The Morgan fingerprint density at radius 1 is 1.38 bits per heavy atom. The Kier molecular flexibility index (Phi) is 3.42. The third-order valence-electron chi connectivity index (χ3n) is 1.81. The van der Waals surface area contributed by atoms with E-state index < -0.39 is 35.8 Å². The maximum atomic E-state index is 12.4. The third kappa shape index (κ3) is 2.66. The van der Waals surface area contributed by atoms with Crippen molar-refractivity contribution in [3.05, 3.63) is 29.1 Å². The average Bonchev–Trinajstić information content (AvgIpc) is 2.16. The number of hydrogen-bond acceptors (Lipinski definition) is 2. The second kappa shape index (κ2) is 4.43. The van der Waals surface area contributed by atoms with Gasteiger partial charge >= 0.3 is 6.18 Å². The molecule has 0 amide bonds. The molecule has 1 heterocycles. The summed E-state index contributed by atoms with van der Waals surface area (Å²) < 4.78 is 61.5. The monoisotopic (exact) mass is 236 g/mol. The van der Waals surface area contributed by atoms with Gasteiger partial charge in [0.15, 0.2) is 0 Å². The van der Waals surface area contributed by atoms with Crippen LogP contribution in [0.4, 0.5) is 22.0 Å². The number of aromatic nitrogens is 1. The summed E-state index contributed by atoms with van der Waals surface area (Å²) in [5.74, 6) is 0. The van der Waals surface area contributed by atoms with Crippen molar-refractivity contribution in [2.45, 2.75) is 19.0 Å². The first-order chi connectivity index (χ1) is 7.36. The molecule has 7 heteroatoms. The fourth-order valence-electron chi connectivity index (χ4n) is 1.12. The van der Waals surface area contributed by atoms with Gasteiger partial charge in [-0.15, -0.1) is 0 Å². The quantitative estimate of drug-likeness (QED) is 0.740. The summed E-state index contributed by atoms with van der Waals surface area (Å²) in [6.07, 6.45) is -7.91. The molecule has 86 valence electrons. The molecule has 0 aromatic carbocycles. The van der Waals surface area contributed by atoms with Gasteiger partial charge in [0.25, 0.3) is 6.43 Å². The van der Waals surface area contributed by atoms with Gasteiger partial charge in [-0.05, 0) is 11.6 Å². The molecule has 2 nitrogen and oxygen atoms in total. The molecule has 0 unspecified atom stereocenters. The lowest BCUT2D eigenvalue weighted by molar-refractivity contribution is -0.138. The summed E-state index contributed by atoms with van der Waals surface area (Å²) in [6.45, 7) is 0. The van der Waals surface area contributed by atoms with E-state index in [9.17, 15) is 22.0 Å². The zero-order valence-corrected chi connectivity index (χ0v) is 7.72. The molecule has 1 aromatic heterocycles. The number of halogens is 5. The summed E-state index contributed by atoms with van der Waals surface area (Å²) in [5, 5.41) is 8.31. The Morgan fingerprint density at radius 3 is 2.44 bits per heavy atom.